The molecule has 11 rings (SSSR count). The molecular weight excluding hydrogens is 578 g/mol. The molecule has 0 radical (unpaired) electrons. The van der Waals surface area contributed by atoms with Crippen molar-refractivity contribution in [3.05, 3.63) is 140 Å². The minimum Gasteiger partial charge on any atom is -0.456 e. The third-order valence-electron chi connectivity index (χ3n) is 9.60. The molecule has 0 aliphatic carbocycles. The van der Waals surface area contributed by atoms with Gasteiger partial charge in [0.25, 0.3) is 0 Å². The molecule has 0 N–H and O–H groups in total. The van der Waals surface area contributed by atoms with Crippen LogP contribution in [0, 0.1) is 0 Å². The van der Waals surface area contributed by atoms with Crippen molar-refractivity contribution in [3.63, 3.8) is 0 Å². The highest BCUT2D eigenvalue weighted by Gasteiger charge is 2.31. The standard InChI is InChI=1S/C42H23N3O2/c1-2-12-27-24(9-1)19-22-31-30-15-7-10-25-11-8-16-33(37(25)30)45(40(27)31)42-43-38(41-39(44-42)32-14-4-6-18-35(32)47-41)26-20-21-29-28-13-3-5-17-34(28)46-36(29)23-26/h1-23H. The van der Waals surface area contributed by atoms with Gasteiger partial charge in [0.15, 0.2) is 5.58 Å². The number of hydrogen-bond acceptors (Lipinski definition) is 5. The van der Waals surface area contributed by atoms with E-state index in [9.17, 15) is 0 Å². The van der Waals surface area contributed by atoms with Crippen LogP contribution >= 0.6 is 0 Å². The summed E-state index contributed by atoms with van der Waals surface area (Å²) in [6.07, 6.45) is 0. The number of nitrogens with zero attached hydrogens (tertiary/aromatic N) is 3. The van der Waals surface area contributed by atoms with Gasteiger partial charge in [0.1, 0.15) is 28.0 Å². The summed E-state index contributed by atoms with van der Waals surface area (Å²) in [6, 6.07) is 48.5. The highest BCUT2D eigenvalue weighted by Crippen LogP contribution is 2.53. The molecule has 7 aromatic carbocycles. The number of hydrogen-bond donors (Lipinski definition) is 0. The maximum atomic E-state index is 6.53. The number of aromatic nitrogens is 2. The Morgan fingerprint density at radius 1 is 0.489 bits per heavy atom. The van der Waals surface area contributed by atoms with Crippen LogP contribution in [-0.2, 0) is 0 Å². The molecule has 0 fully saturated rings. The lowest BCUT2D eigenvalue weighted by molar-refractivity contribution is 0.666. The van der Waals surface area contributed by atoms with E-state index in [1.54, 1.807) is 0 Å². The van der Waals surface area contributed by atoms with Gasteiger partial charge in [0.2, 0.25) is 5.95 Å². The summed E-state index contributed by atoms with van der Waals surface area (Å²) in [5.74, 6) is 0.586. The van der Waals surface area contributed by atoms with Crippen LogP contribution in [0.15, 0.2) is 148 Å². The van der Waals surface area contributed by atoms with Crippen LogP contribution in [0.4, 0.5) is 17.3 Å². The predicted molar refractivity (Wildman–Crippen MR) is 191 cm³/mol. The topological polar surface area (TPSA) is 55.3 Å². The summed E-state index contributed by atoms with van der Waals surface area (Å²) in [4.78, 5) is 13.0. The minimum absolute atomic E-state index is 0.586. The van der Waals surface area contributed by atoms with Gasteiger partial charge in [-0.1, -0.05) is 103 Å². The van der Waals surface area contributed by atoms with Gasteiger partial charge < -0.3 is 8.83 Å². The van der Waals surface area contributed by atoms with E-state index in [1.807, 2.05) is 36.4 Å². The predicted octanol–water partition coefficient (Wildman–Crippen LogP) is 11.7. The van der Waals surface area contributed by atoms with Crippen molar-refractivity contribution in [3.8, 4) is 22.4 Å². The zero-order chi connectivity index (χ0) is 30.6. The lowest BCUT2D eigenvalue weighted by atomic mass is 9.89. The first kappa shape index (κ1) is 24.8. The first-order valence-electron chi connectivity index (χ1n) is 15.8. The number of furan rings is 2. The SMILES string of the molecule is c1ccc2c3c(ccc2c1)-c1cccc2cccc(c12)N3c1nc(-c2ccc3c(c2)oc2ccccc23)c2oc3ccccc3c2n1. The lowest BCUT2D eigenvalue weighted by Crippen LogP contribution is -2.18. The molecule has 47 heavy (non-hydrogen) atoms. The van der Waals surface area contributed by atoms with Crippen molar-refractivity contribution in [2.75, 3.05) is 4.90 Å². The van der Waals surface area contributed by atoms with Gasteiger partial charge in [-0.3, -0.25) is 4.90 Å². The molecule has 0 amide bonds. The Kier molecular flexibility index (Phi) is 4.78. The Morgan fingerprint density at radius 3 is 2.11 bits per heavy atom. The Labute approximate surface area is 267 Å². The highest BCUT2D eigenvalue weighted by molar-refractivity contribution is 6.19. The second-order valence-corrected chi connectivity index (χ2v) is 12.2. The van der Waals surface area contributed by atoms with Crippen LogP contribution in [0.2, 0.25) is 0 Å². The Bertz CT molecular complexity index is 2930. The van der Waals surface area contributed by atoms with Crippen molar-refractivity contribution in [1.82, 2.24) is 9.97 Å². The molecule has 0 saturated carbocycles. The Hall–Kier alpha value is -6.46. The second kappa shape index (κ2) is 9.05. The van der Waals surface area contributed by atoms with Crippen molar-refractivity contribution >= 4 is 82.9 Å². The fourth-order valence-electron chi connectivity index (χ4n) is 7.52. The van der Waals surface area contributed by atoms with Crippen molar-refractivity contribution in [1.29, 1.82) is 0 Å². The molecule has 5 heteroatoms. The van der Waals surface area contributed by atoms with Crippen molar-refractivity contribution < 1.29 is 8.83 Å². The second-order valence-electron chi connectivity index (χ2n) is 12.2. The van der Waals surface area contributed by atoms with Gasteiger partial charge in [-0.05, 0) is 52.7 Å². The Balaban J connectivity index is 1.26. The van der Waals surface area contributed by atoms with Crippen LogP contribution in [0.5, 0.6) is 0 Å². The summed E-state index contributed by atoms with van der Waals surface area (Å²) in [7, 11) is 0. The van der Waals surface area contributed by atoms with E-state index in [0.717, 1.165) is 77.4 Å². The first-order valence-corrected chi connectivity index (χ1v) is 15.8. The molecule has 10 aromatic rings. The maximum Gasteiger partial charge on any atom is 0.236 e. The molecule has 1 aliphatic heterocycles. The van der Waals surface area contributed by atoms with E-state index < -0.39 is 0 Å². The third-order valence-corrected chi connectivity index (χ3v) is 9.60. The lowest BCUT2D eigenvalue weighted by Gasteiger charge is -2.33. The fourth-order valence-corrected chi connectivity index (χ4v) is 7.52. The zero-order valence-corrected chi connectivity index (χ0v) is 24.9. The quantitative estimate of drug-likeness (QED) is 0.197. The minimum atomic E-state index is 0.586. The van der Waals surface area contributed by atoms with Crippen LogP contribution in [0.3, 0.4) is 0 Å². The molecule has 3 aromatic heterocycles. The van der Waals surface area contributed by atoms with Crippen molar-refractivity contribution in [2.24, 2.45) is 0 Å². The number of rotatable bonds is 2. The third kappa shape index (κ3) is 3.37. The van der Waals surface area contributed by atoms with E-state index in [-0.39, 0.29) is 0 Å². The molecule has 218 valence electrons. The van der Waals surface area contributed by atoms with Crippen LogP contribution < -0.4 is 4.90 Å². The summed E-state index contributed by atoms with van der Waals surface area (Å²) < 4.78 is 12.9. The number of anilines is 3. The summed E-state index contributed by atoms with van der Waals surface area (Å²) in [5, 5.41) is 7.77. The van der Waals surface area contributed by atoms with Gasteiger partial charge in [0, 0.05) is 38.1 Å². The summed E-state index contributed by atoms with van der Waals surface area (Å²) >= 11 is 0. The van der Waals surface area contributed by atoms with Crippen molar-refractivity contribution in [2.45, 2.75) is 0 Å². The van der Waals surface area contributed by atoms with E-state index in [2.05, 4.69) is 108 Å². The van der Waals surface area contributed by atoms with E-state index in [1.165, 1.54) is 16.3 Å². The number of fused-ring (bicyclic) bond motifs is 10. The molecule has 1 aliphatic rings. The van der Waals surface area contributed by atoms with Gasteiger partial charge >= 0.3 is 0 Å². The fraction of sp³-hybridized carbons (Fsp3) is 0. The molecule has 5 nitrogen and oxygen atoms in total. The maximum absolute atomic E-state index is 6.53. The molecule has 0 unspecified atom stereocenters. The number of para-hydroxylation sites is 2. The van der Waals surface area contributed by atoms with E-state index >= 15 is 0 Å². The molecular formula is C42H23N3O2. The zero-order valence-electron chi connectivity index (χ0n) is 24.9. The summed E-state index contributed by atoms with van der Waals surface area (Å²) in [6.45, 7) is 0. The molecule has 0 bridgehead atoms. The van der Waals surface area contributed by atoms with Crippen LogP contribution in [0.1, 0.15) is 0 Å². The monoisotopic (exact) mass is 601 g/mol. The molecule has 0 spiro atoms. The van der Waals surface area contributed by atoms with Gasteiger partial charge in [-0.25, -0.2) is 9.97 Å². The van der Waals surface area contributed by atoms with Gasteiger partial charge in [-0.2, -0.15) is 0 Å². The first-order chi connectivity index (χ1) is 23.3. The van der Waals surface area contributed by atoms with Crippen LogP contribution in [-0.4, -0.2) is 9.97 Å². The van der Waals surface area contributed by atoms with E-state index in [4.69, 9.17) is 18.8 Å². The van der Waals surface area contributed by atoms with Crippen LogP contribution in [0.25, 0.3) is 87.9 Å². The smallest absolute Gasteiger partial charge is 0.236 e. The van der Waals surface area contributed by atoms with Gasteiger partial charge in [0.05, 0.1) is 11.4 Å². The largest absolute Gasteiger partial charge is 0.456 e. The molecule has 4 heterocycles. The van der Waals surface area contributed by atoms with Gasteiger partial charge in [-0.15, -0.1) is 0 Å². The average Bonchev–Trinajstić information content (AvgIpc) is 3.69. The van der Waals surface area contributed by atoms with E-state index in [0.29, 0.717) is 11.5 Å². The Morgan fingerprint density at radius 2 is 1.21 bits per heavy atom. The average molecular weight is 602 g/mol. The molecule has 0 atom stereocenters. The molecule has 0 saturated heterocycles. The summed E-state index contributed by atoms with van der Waals surface area (Å²) in [5.41, 5.74) is 9.97. The highest BCUT2D eigenvalue weighted by atomic mass is 16.3. The normalized spacial score (nSPS) is 12.6. The number of benzene rings is 7.